The van der Waals surface area contributed by atoms with Crippen LogP contribution in [0.2, 0.25) is 0 Å². The summed E-state index contributed by atoms with van der Waals surface area (Å²) in [5, 5.41) is 24.9. The number of carbonyl (C=O) groups excluding carboxylic acids is 2. The normalized spacial score (nSPS) is 17.0. The number of β-lactam (4-membered cyclic amide) rings is 1. The fraction of sp³-hybridized carbons (Fsp3) is 0.312. The Kier molecular flexibility index (Phi) is 10.2. The van der Waals surface area contributed by atoms with Crippen LogP contribution in [0, 0.1) is 0 Å². The van der Waals surface area contributed by atoms with Gasteiger partial charge in [-0.1, -0.05) is 5.16 Å². The van der Waals surface area contributed by atoms with Crippen molar-refractivity contribution in [1.82, 2.24) is 24.7 Å². The molecule has 0 bridgehead atoms. The Morgan fingerprint density at radius 2 is 2.03 bits per heavy atom. The molecule has 3 rings (SSSR count). The van der Waals surface area contributed by atoms with Gasteiger partial charge in [-0.2, -0.15) is 4.73 Å². The summed E-state index contributed by atoms with van der Waals surface area (Å²) < 4.78 is 11.9. The van der Waals surface area contributed by atoms with Gasteiger partial charge in [0.2, 0.25) is 5.43 Å². The molecule has 2 aromatic rings. The number of imidazole rings is 1. The molecule has 0 aromatic carbocycles. The summed E-state index contributed by atoms with van der Waals surface area (Å²) in [6.07, 6.45) is 1.86. The van der Waals surface area contributed by atoms with E-state index in [4.69, 9.17) is 10.6 Å². The van der Waals surface area contributed by atoms with E-state index in [1.165, 1.54) is 13.8 Å². The molecular formula is C16H18N7Na2O9P. The summed E-state index contributed by atoms with van der Waals surface area (Å²) in [6, 6.07) is -0.501. The smallest absolute Gasteiger partial charge is 0.795 e. The van der Waals surface area contributed by atoms with E-state index in [0.717, 1.165) is 18.5 Å². The van der Waals surface area contributed by atoms with Gasteiger partial charge in [0.15, 0.2) is 24.0 Å². The minimum atomic E-state index is -5.40. The molecule has 2 amide bonds. The Morgan fingerprint density at radius 3 is 2.54 bits per heavy atom. The van der Waals surface area contributed by atoms with Crippen molar-refractivity contribution in [2.75, 3.05) is 5.73 Å². The maximum atomic E-state index is 12.8. The molecule has 0 aliphatic carbocycles. The SMILES string of the molecule is CC1(C)[C@H](NC(=O)/C(=N\OCc2cc(=O)c(O)cn2O)c2cnc(N)[nH]2)C(=O)N1P(=O)([O-])[O-].[Na+].[Na+]. The van der Waals surface area contributed by atoms with Gasteiger partial charge in [-0.25, -0.2) is 4.98 Å². The monoisotopic (exact) mass is 529 g/mol. The first-order valence-corrected chi connectivity index (χ1v) is 10.5. The van der Waals surface area contributed by atoms with Gasteiger partial charge in [0.1, 0.15) is 11.7 Å². The second-order valence-corrected chi connectivity index (χ2v) is 8.77. The van der Waals surface area contributed by atoms with Gasteiger partial charge in [0.05, 0.1) is 23.6 Å². The molecule has 3 heterocycles. The third-order valence-electron chi connectivity index (χ3n) is 4.75. The Hall–Kier alpha value is -1.88. The van der Waals surface area contributed by atoms with Crippen molar-refractivity contribution in [3.8, 4) is 5.75 Å². The third-order valence-corrected chi connectivity index (χ3v) is 5.95. The molecule has 1 atom stereocenters. The van der Waals surface area contributed by atoms with Crippen molar-refractivity contribution in [2.45, 2.75) is 32.0 Å². The number of aromatic amines is 1. The van der Waals surface area contributed by atoms with Crippen LogP contribution < -0.4 is 85.4 Å². The predicted octanol–water partition coefficient (Wildman–Crippen LogP) is -9.04. The number of nitrogen functional groups attached to an aromatic ring is 1. The number of oxime groups is 1. The number of nitrogens with one attached hydrogen (secondary N) is 2. The number of carbonyl (C=O) groups is 2. The summed E-state index contributed by atoms with van der Waals surface area (Å²) in [5.41, 5.74) is 2.52. The number of aromatic hydroxyl groups is 1. The van der Waals surface area contributed by atoms with Gasteiger partial charge in [0.25, 0.3) is 11.8 Å². The molecule has 1 saturated heterocycles. The maximum Gasteiger partial charge on any atom is 1.00 e. The third kappa shape index (κ3) is 6.47. The van der Waals surface area contributed by atoms with Gasteiger partial charge in [-0.15, -0.1) is 0 Å². The van der Waals surface area contributed by atoms with E-state index in [2.05, 4.69) is 20.4 Å². The van der Waals surface area contributed by atoms with Crippen LogP contribution in [-0.2, 0) is 25.6 Å². The van der Waals surface area contributed by atoms with E-state index in [-0.39, 0.29) is 81.1 Å². The predicted molar refractivity (Wildman–Crippen MR) is 104 cm³/mol. The molecule has 35 heavy (non-hydrogen) atoms. The number of H-pyrrole nitrogens is 1. The Bertz CT molecular complexity index is 1260. The average molecular weight is 529 g/mol. The van der Waals surface area contributed by atoms with Gasteiger partial charge < -0.3 is 50.2 Å². The molecule has 0 saturated carbocycles. The molecule has 178 valence electrons. The fourth-order valence-electron chi connectivity index (χ4n) is 3.13. The zero-order valence-electron chi connectivity index (χ0n) is 19.1. The number of nitrogens with two attached hydrogens (primary N) is 1. The first-order valence-electron chi connectivity index (χ1n) is 9.05. The van der Waals surface area contributed by atoms with E-state index >= 15 is 0 Å². The van der Waals surface area contributed by atoms with Gasteiger partial charge >= 0.3 is 59.1 Å². The summed E-state index contributed by atoms with van der Waals surface area (Å²) in [6.45, 7) is 2.02. The Balaban J connectivity index is 0.00000306. The summed E-state index contributed by atoms with van der Waals surface area (Å²) in [5.74, 6) is -2.93. The number of aromatic nitrogens is 3. The molecule has 19 heteroatoms. The number of pyridine rings is 1. The Morgan fingerprint density at radius 1 is 1.40 bits per heavy atom. The molecular weight excluding hydrogens is 511 g/mol. The second-order valence-electron chi connectivity index (χ2n) is 7.43. The standard InChI is InChI=1S/C16H20N7O9P.2Na/c1-16(2)12(14(27)23(16)33(29,30)31)20-13(26)11(8-4-18-15(17)19-8)21-32-6-7-3-9(24)10(25)5-22(7)28;;/h3-5,12,25,28H,6H2,1-2H3,(H,20,26)(H3,17,18,19)(H2,29,30,31);;/q;2*+1/p-2/b21-11-;;/t12-;;/m1../s1. The van der Waals surface area contributed by atoms with Crippen LogP contribution in [0.4, 0.5) is 5.95 Å². The van der Waals surface area contributed by atoms with Crippen molar-refractivity contribution in [3.05, 3.63) is 40.1 Å². The van der Waals surface area contributed by atoms with Crippen molar-refractivity contribution in [2.24, 2.45) is 5.16 Å². The van der Waals surface area contributed by atoms with Gasteiger partial charge in [0, 0.05) is 13.8 Å². The molecule has 1 aliphatic rings. The van der Waals surface area contributed by atoms with E-state index in [1.807, 2.05) is 0 Å². The van der Waals surface area contributed by atoms with Crippen molar-refractivity contribution in [1.29, 1.82) is 0 Å². The number of hydrogen-bond acceptors (Lipinski definition) is 12. The van der Waals surface area contributed by atoms with E-state index < -0.39 is 54.6 Å². The molecule has 6 N–H and O–H groups in total. The molecule has 1 aliphatic heterocycles. The second kappa shape index (κ2) is 11.5. The fourth-order valence-corrected chi connectivity index (χ4v) is 4.24. The van der Waals surface area contributed by atoms with E-state index in [9.17, 15) is 39.0 Å². The first kappa shape index (κ1) is 31.2. The minimum absolute atomic E-state index is 0. The zero-order chi connectivity index (χ0) is 24.7. The number of nitrogens with zero attached hydrogens (tertiary/aromatic N) is 4. The summed E-state index contributed by atoms with van der Waals surface area (Å²) in [4.78, 5) is 70.4. The van der Waals surface area contributed by atoms with Crippen LogP contribution in [0.25, 0.3) is 0 Å². The van der Waals surface area contributed by atoms with Gasteiger partial charge in [-0.3, -0.25) is 14.4 Å². The van der Waals surface area contributed by atoms with Crippen LogP contribution >= 0.6 is 7.75 Å². The molecule has 0 radical (unpaired) electrons. The average Bonchev–Trinajstić information content (AvgIpc) is 3.11. The molecule has 0 spiro atoms. The summed E-state index contributed by atoms with van der Waals surface area (Å²) >= 11 is 0. The number of rotatable bonds is 7. The van der Waals surface area contributed by atoms with Crippen molar-refractivity contribution in [3.63, 3.8) is 0 Å². The van der Waals surface area contributed by atoms with Crippen LogP contribution in [0.15, 0.2) is 28.4 Å². The zero-order valence-corrected chi connectivity index (χ0v) is 24.0. The summed E-state index contributed by atoms with van der Waals surface area (Å²) in [7, 11) is -5.40. The maximum absolute atomic E-state index is 12.8. The van der Waals surface area contributed by atoms with Gasteiger partial charge in [-0.05, 0) is 13.8 Å². The van der Waals surface area contributed by atoms with E-state index in [1.54, 1.807) is 0 Å². The van der Waals surface area contributed by atoms with Crippen molar-refractivity contribution >= 4 is 31.2 Å². The van der Waals surface area contributed by atoms with Crippen molar-refractivity contribution < 1.29 is 98.2 Å². The van der Waals surface area contributed by atoms with Crippen LogP contribution in [0.5, 0.6) is 5.75 Å². The molecule has 2 aromatic heterocycles. The number of amides is 2. The minimum Gasteiger partial charge on any atom is -0.795 e. The van der Waals surface area contributed by atoms with Crippen LogP contribution in [0.1, 0.15) is 25.2 Å². The number of hydrogen-bond donors (Lipinski definition) is 5. The first-order chi connectivity index (χ1) is 15.2. The largest absolute Gasteiger partial charge is 1.00 e. The number of anilines is 1. The molecule has 1 fully saturated rings. The molecule has 16 nitrogen and oxygen atoms in total. The topological polar surface area (TPSA) is 251 Å². The van der Waals surface area contributed by atoms with Crippen LogP contribution in [0.3, 0.4) is 0 Å². The van der Waals surface area contributed by atoms with E-state index in [0.29, 0.717) is 4.73 Å². The van der Waals surface area contributed by atoms with Crippen LogP contribution in [-0.4, -0.2) is 58.8 Å². The molecule has 0 unspecified atom stereocenters. The Labute approximate surface area is 241 Å². The quantitative estimate of drug-likeness (QED) is 0.0562.